The van der Waals surface area contributed by atoms with Crippen LogP contribution in [0.25, 0.3) is 0 Å². The Morgan fingerprint density at radius 1 is 1.21 bits per heavy atom. The first-order chi connectivity index (χ1) is 13.7. The summed E-state index contributed by atoms with van der Waals surface area (Å²) in [6.45, 7) is 4.25. The lowest BCUT2D eigenvalue weighted by Crippen LogP contribution is -2.47. The monoisotopic (exact) mass is 555 g/mol. The highest BCUT2D eigenvalue weighted by Gasteiger charge is 2.23. The maximum atomic E-state index is 6.25. The summed E-state index contributed by atoms with van der Waals surface area (Å²) in [7, 11) is 1.83. The van der Waals surface area contributed by atoms with Crippen molar-refractivity contribution in [2.75, 3.05) is 39.9 Å². The van der Waals surface area contributed by atoms with Crippen molar-refractivity contribution in [2.24, 2.45) is 4.99 Å². The van der Waals surface area contributed by atoms with Gasteiger partial charge in [-0.1, -0.05) is 29.3 Å². The maximum absolute atomic E-state index is 6.25. The molecule has 2 aliphatic heterocycles. The van der Waals surface area contributed by atoms with Gasteiger partial charge in [-0.3, -0.25) is 4.99 Å². The zero-order chi connectivity index (χ0) is 19.8. The summed E-state index contributed by atoms with van der Waals surface area (Å²) in [4.78, 5) is 6.73. The van der Waals surface area contributed by atoms with Crippen molar-refractivity contribution in [3.63, 3.8) is 0 Å². The molecule has 0 spiro atoms. The normalized spacial score (nSPS) is 21.0. The number of nitrogens with one attached hydrogen (secondary N) is 1. The molecule has 8 heteroatoms. The van der Waals surface area contributed by atoms with Gasteiger partial charge in [-0.25, -0.2) is 0 Å². The van der Waals surface area contributed by atoms with E-state index in [1.165, 1.54) is 12.8 Å². The summed E-state index contributed by atoms with van der Waals surface area (Å²) in [6.07, 6.45) is 6.98. The molecule has 1 aromatic carbocycles. The van der Waals surface area contributed by atoms with E-state index in [1.54, 1.807) is 0 Å². The summed E-state index contributed by atoms with van der Waals surface area (Å²) in [5.74, 6) is 0.928. The minimum absolute atomic E-state index is 0. The van der Waals surface area contributed by atoms with Crippen LogP contribution in [0.1, 0.15) is 37.7 Å². The molecule has 29 heavy (non-hydrogen) atoms. The van der Waals surface area contributed by atoms with Crippen LogP contribution in [0.4, 0.5) is 0 Å². The SMILES string of the molecule is CN=C(NCCc1c(Cl)cccc1Cl)N1CCC(OCC2CCCCO2)CC1.I. The second-order valence-electron chi connectivity index (χ2n) is 7.43. The number of rotatable bonds is 6. The molecule has 2 heterocycles. The molecule has 5 nitrogen and oxygen atoms in total. The van der Waals surface area contributed by atoms with Crippen LogP contribution in [-0.4, -0.2) is 63.0 Å². The Hall–Kier alpha value is -0.280. The highest BCUT2D eigenvalue weighted by atomic mass is 127. The minimum Gasteiger partial charge on any atom is -0.376 e. The zero-order valence-corrected chi connectivity index (χ0v) is 20.9. The molecular formula is C21H32Cl2IN3O2. The van der Waals surface area contributed by atoms with Crippen LogP contribution in [-0.2, 0) is 15.9 Å². The van der Waals surface area contributed by atoms with Crippen LogP contribution in [0.15, 0.2) is 23.2 Å². The third-order valence-electron chi connectivity index (χ3n) is 5.46. The van der Waals surface area contributed by atoms with E-state index >= 15 is 0 Å². The number of hydrogen-bond acceptors (Lipinski definition) is 3. The molecule has 1 aromatic rings. The lowest BCUT2D eigenvalue weighted by atomic mass is 10.1. The highest BCUT2D eigenvalue weighted by molar-refractivity contribution is 14.0. The Kier molecular flexibility index (Phi) is 11.4. The largest absolute Gasteiger partial charge is 0.376 e. The summed E-state index contributed by atoms with van der Waals surface area (Å²) in [6, 6.07) is 5.62. The van der Waals surface area contributed by atoms with Gasteiger partial charge in [0.1, 0.15) is 0 Å². The Morgan fingerprint density at radius 3 is 2.55 bits per heavy atom. The van der Waals surface area contributed by atoms with Gasteiger partial charge >= 0.3 is 0 Å². The van der Waals surface area contributed by atoms with Gasteiger partial charge < -0.3 is 19.7 Å². The fraction of sp³-hybridized carbons (Fsp3) is 0.667. The van der Waals surface area contributed by atoms with Gasteiger partial charge in [-0.2, -0.15) is 0 Å². The second-order valence-corrected chi connectivity index (χ2v) is 8.25. The van der Waals surface area contributed by atoms with E-state index in [9.17, 15) is 0 Å². The first kappa shape index (κ1) is 25.0. The first-order valence-corrected chi connectivity index (χ1v) is 11.0. The Bertz CT molecular complexity index is 629. The van der Waals surface area contributed by atoms with Gasteiger partial charge in [-0.05, 0) is 56.2 Å². The van der Waals surface area contributed by atoms with Gasteiger partial charge in [0.15, 0.2) is 5.96 Å². The molecule has 2 fully saturated rings. The summed E-state index contributed by atoms with van der Waals surface area (Å²) in [5, 5.41) is 4.86. The Morgan fingerprint density at radius 2 is 1.93 bits per heavy atom. The molecule has 0 radical (unpaired) electrons. The van der Waals surface area contributed by atoms with E-state index in [0.29, 0.717) is 16.1 Å². The van der Waals surface area contributed by atoms with Crippen molar-refractivity contribution >= 4 is 53.1 Å². The molecule has 2 saturated heterocycles. The van der Waals surface area contributed by atoms with E-state index in [-0.39, 0.29) is 30.1 Å². The minimum atomic E-state index is 0. The van der Waals surface area contributed by atoms with Crippen molar-refractivity contribution in [2.45, 2.75) is 50.7 Å². The fourth-order valence-electron chi connectivity index (χ4n) is 3.82. The molecule has 1 N–H and O–H groups in total. The zero-order valence-electron chi connectivity index (χ0n) is 17.0. The van der Waals surface area contributed by atoms with Crippen LogP contribution in [0.5, 0.6) is 0 Å². The Labute approximate surface area is 201 Å². The average molecular weight is 556 g/mol. The highest BCUT2D eigenvalue weighted by Crippen LogP contribution is 2.24. The number of benzene rings is 1. The number of ether oxygens (including phenoxy) is 2. The molecule has 1 unspecified atom stereocenters. The number of halogens is 3. The lowest BCUT2D eigenvalue weighted by Gasteiger charge is -2.35. The fourth-order valence-corrected chi connectivity index (χ4v) is 4.41. The molecule has 0 saturated carbocycles. The summed E-state index contributed by atoms with van der Waals surface area (Å²) < 4.78 is 11.9. The first-order valence-electron chi connectivity index (χ1n) is 10.3. The second kappa shape index (κ2) is 13.2. The topological polar surface area (TPSA) is 46.1 Å². The molecule has 0 bridgehead atoms. The number of guanidine groups is 1. The molecule has 2 aliphatic rings. The molecule has 0 aliphatic carbocycles. The van der Waals surface area contributed by atoms with Gasteiger partial charge in [0.2, 0.25) is 0 Å². The predicted octanol–water partition coefficient (Wildman–Crippen LogP) is 4.78. The van der Waals surface area contributed by atoms with Crippen molar-refractivity contribution < 1.29 is 9.47 Å². The average Bonchev–Trinajstić information content (AvgIpc) is 2.73. The van der Waals surface area contributed by atoms with Gasteiger partial charge in [0, 0.05) is 43.3 Å². The van der Waals surface area contributed by atoms with Crippen molar-refractivity contribution in [3.8, 4) is 0 Å². The van der Waals surface area contributed by atoms with Gasteiger partial charge in [-0.15, -0.1) is 24.0 Å². The van der Waals surface area contributed by atoms with E-state index < -0.39 is 0 Å². The van der Waals surface area contributed by atoms with Crippen LogP contribution < -0.4 is 5.32 Å². The predicted molar refractivity (Wildman–Crippen MR) is 131 cm³/mol. The van der Waals surface area contributed by atoms with Crippen LogP contribution in [0.3, 0.4) is 0 Å². The van der Waals surface area contributed by atoms with E-state index in [4.69, 9.17) is 32.7 Å². The smallest absolute Gasteiger partial charge is 0.193 e. The number of piperidine rings is 1. The van der Waals surface area contributed by atoms with E-state index in [0.717, 1.165) is 70.1 Å². The van der Waals surface area contributed by atoms with Crippen molar-refractivity contribution in [1.29, 1.82) is 0 Å². The summed E-state index contributed by atoms with van der Waals surface area (Å²) in [5.41, 5.74) is 0.978. The summed E-state index contributed by atoms with van der Waals surface area (Å²) >= 11 is 12.5. The van der Waals surface area contributed by atoms with Crippen molar-refractivity contribution in [3.05, 3.63) is 33.8 Å². The van der Waals surface area contributed by atoms with E-state index in [1.807, 2.05) is 25.2 Å². The molecular weight excluding hydrogens is 524 g/mol. The molecule has 0 aromatic heterocycles. The molecule has 164 valence electrons. The van der Waals surface area contributed by atoms with Crippen LogP contribution in [0.2, 0.25) is 10.0 Å². The maximum Gasteiger partial charge on any atom is 0.193 e. The molecule has 1 atom stereocenters. The standard InChI is InChI=1S/C21H31Cl2N3O2.HI/c1-24-21(25-11-8-18-19(22)6-4-7-20(18)23)26-12-9-16(10-13-26)28-15-17-5-2-3-14-27-17;/h4,6-7,16-17H,2-3,5,8-15H2,1H3,(H,24,25);1H. The van der Waals surface area contributed by atoms with Crippen LogP contribution >= 0.6 is 47.2 Å². The number of nitrogens with zero attached hydrogens (tertiary/aromatic N) is 2. The van der Waals surface area contributed by atoms with Crippen molar-refractivity contribution in [1.82, 2.24) is 10.2 Å². The third kappa shape index (κ3) is 7.73. The van der Waals surface area contributed by atoms with Gasteiger partial charge in [0.25, 0.3) is 0 Å². The number of hydrogen-bond donors (Lipinski definition) is 1. The van der Waals surface area contributed by atoms with E-state index in [2.05, 4.69) is 15.2 Å². The van der Waals surface area contributed by atoms with Gasteiger partial charge in [0.05, 0.1) is 18.8 Å². The quantitative estimate of drug-likeness (QED) is 0.312. The third-order valence-corrected chi connectivity index (χ3v) is 6.17. The lowest BCUT2D eigenvalue weighted by molar-refractivity contribution is -0.0721. The molecule has 3 rings (SSSR count). The number of aliphatic imine (C=N–C) groups is 1. The molecule has 0 amide bonds. The van der Waals surface area contributed by atoms with Crippen LogP contribution in [0, 0.1) is 0 Å². The Balaban J connectivity index is 0.00000300. The number of likely N-dealkylation sites (tertiary alicyclic amines) is 1.